The highest BCUT2D eigenvalue weighted by atomic mass is 16.3. The van der Waals surface area contributed by atoms with Gasteiger partial charge in [0.15, 0.2) is 5.56 Å². The Kier molecular flexibility index (Phi) is 3.16. The third kappa shape index (κ3) is 2.10. The molecule has 1 aromatic rings. The van der Waals surface area contributed by atoms with Gasteiger partial charge in [-0.15, -0.1) is 0 Å². The Morgan fingerprint density at radius 2 is 1.88 bits per heavy atom. The first-order valence-electron chi connectivity index (χ1n) is 4.65. The molecular weight excluding hydrogens is 228 g/mol. The molecule has 0 aliphatic rings. The number of carbonyl (C=O) groups excluding carboxylic acids is 1. The van der Waals surface area contributed by atoms with Gasteiger partial charge in [-0.3, -0.25) is 14.2 Å². The summed E-state index contributed by atoms with van der Waals surface area (Å²) in [7, 11) is 2.55. The zero-order valence-corrected chi connectivity index (χ0v) is 9.40. The SMILES string of the molecule is Cn1c([OH2+])c(C(=N)CC(N)=O)c(=O)n(C)c1=O. The van der Waals surface area contributed by atoms with Crippen LogP contribution in [-0.2, 0) is 18.9 Å². The van der Waals surface area contributed by atoms with Crippen LogP contribution in [0.1, 0.15) is 12.0 Å². The van der Waals surface area contributed by atoms with E-state index in [4.69, 9.17) is 16.2 Å². The van der Waals surface area contributed by atoms with Crippen LogP contribution in [0.4, 0.5) is 0 Å². The fourth-order valence-corrected chi connectivity index (χ4v) is 1.38. The molecule has 0 fully saturated rings. The molecule has 0 saturated heterocycles. The van der Waals surface area contributed by atoms with Gasteiger partial charge in [0.1, 0.15) is 0 Å². The van der Waals surface area contributed by atoms with Crippen LogP contribution in [0.2, 0.25) is 0 Å². The molecule has 1 rings (SSSR count). The lowest BCUT2D eigenvalue weighted by atomic mass is 10.1. The summed E-state index contributed by atoms with van der Waals surface area (Å²) < 4.78 is 1.70. The summed E-state index contributed by atoms with van der Waals surface area (Å²) in [6.45, 7) is 0. The number of nitrogens with two attached hydrogens (primary N) is 1. The molecule has 17 heavy (non-hydrogen) atoms. The van der Waals surface area contributed by atoms with E-state index >= 15 is 0 Å². The summed E-state index contributed by atoms with van der Waals surface area (Å²) in [4.78, 5) is 33.9. The smallest absolute Gasteiger partial charge is 0.356 e. The minimum Gasteiger partial charge on any atom is -0.579 e. The number of rotatable bonds is 3. The number of primary amides is 1. The molecule has 1 heterocycles. The van der Waals surface area contributed by atoms with Crippen molar-refractivity contribution in [1.29, 1.82) is 5.41 Å². The minimum atomic E-state index is -0.774. The fourth-order valence-electron chi connectivity index (χ4n) is 1.38. The molecule has 0 radical (unpaired) electrons. The molecule has 1 amide bonds. The maximum atomic E-state index is 11.7. The standard InChI is InChI=1S/C9H12N4O4/c1-12-7(15)6(4(10)3-5(11)14)8(16)13(2)9(12)17/h10,15H,3H2,1-2H3,(H2,11,14)/p+1. The van der Waals surface area contributed by atoms with Gasteiger partial charge in [0, 0.05) is 14.1 Å². The fraction of sp³-hybridized carbons (Fsp3) is 0.333. The van der Waals surface area contributed by atoms with Crippen LogP contribution in [0.5, 0.6) is 5.88 Å². The molecule has 8 heteroatoms. The van der Waals surface area contributed by atoms with Gasteiger partial charge in [-0.25, -0.2) is 9.36 Å². The van der Waals surface area contributed by atoms with E-state index < -0.39 is 29.5 Å². The summed E-state index contributed by atoms with van der Waals surface area (Å²) >= 11 is 0. The summed E-state index contributed by atoms with van der Waals surface area (Å²) in [5.74, 6) is -1.17. The lowest BCUT2D eigenvalue weighted by molar-refractivity contribution is -0.116. The molecule has 0 bridgehead atoms. The van der Waals surface area contributed by atoms with Crippen molar-refractivity contribution < 1.29 is 9.90 Å². The molecule has 0 atom stereocenters. The first-order valence-corrected chi connectivity index (χ1v) is 4.65. The zero-order valence-electron chi connectivity index (χ0n) is 9.40. The molecule has 5 N–H and O–H groups in total. The average Bonchev–Trinajstić information content (AvgIpc) is 2.23. The molecule has 1 aromatic heterocycles. The largest absolute Gasteiger partial charge is 0.579 e. The van der Waals surface area contributed by atoms with Crippen molar-refractivity contribution in [2.45, 2.75) is 6.42 Å². The minimum absolute atomic E-state index is 0.284. The highest BCUT2D eigenvalue weighted by Crippen LogP contribution is 2.10. The van der Waals surface area contributed by atoms with Crippen LogP contribution in [-0.4, -0.2) is 25.9 Å². The highest BCUT2D eigenvalue weighted by Gasteiger charge is 2.23. The van der Waals surface area contributed by atoms with Gasteiger partial charge in [0.05, 0.1) is 12.1 Å². The van der Waals surface area contributed by atoms with Gasteiger partial charge >= 0.3 is 11.6 Å². The van der Waals surface area contributed by atoms with Crippen molar-refractivity contribution in [2.24, 2.45) is 19.8 Å². The topological polar surface area (TPSA) is 134 Å². The molecule has 0 aliphatic carbocycles. The van der Waals surface area contributed by atoms with Gasteiger partial charge in [-0.1, -0.05) is 0 Å². The molecule has 0 unspecified atom stereocenters. The van der Waals surface area contributed by atoms with Crippen LogP contribution in [0.25, 0.3) is 0 Å². The number of carbonyl (C=O) groups is 1. The number of nitrogens with zero attached hydrogens (tertiary/aromatic N) is 2. The van der Waals surface area contributed by atoms with E-state index in [2.05, 4.69) is 0 Å². The van der Waals surface area contributed by atoms with Gasteiger partial charge in [-0.05, 0) is 0 Å². The maximum absolute atomic E-state index is 11.7. The molecule has 0 aliphatic heterocycles. The summed E-state index contributed by atoms with van der Waals surface area (Å²) in [6.07, 6.45) is -0.445. The number of hydrogen-bond donors (Lipinski definition) is 2. The summed E-state index contributed by atoms with van der Waals surface area (Å²) in [5.41, 5.74) is 2.84. The molecule has 92 valence electrons. The number of amides is 1. The Morgan fingerprint density at radius 1 is 1.35 bits per heavy atom. The lowest BCUT2D eigenvalue weighted by Gasteiger charge is -2.07. The second-order valence-electron chi connectivity index (χ2n) is 3.55. The van der Waals surface area contributed by atoms with Crippen LogP contribution in [0.15, 0.2) is 9.59 Å². The van der Waals surface area contributed by atoms with Crippen molar-refractivity contribution in [3.8, 4) is 5.88 Å². The van der Waals surface area contributed by atoms with Gasteiger partial charge in [0.25, 0.3) is 5.56 Å². The third-order valence-electron chi connectivity index (χ3n) is 2.32. The Hall–Kier alpha value is -2.38. The van der Waals surface area contributed by atoms with Crippen molar-refractivity contribution >= 4 is 11.6 Å². The lowest BCUT2D eigenvalue weighted by Crippen LogP contribution is -2.40. The van der Waals surface area contributed by atoms with Gasteiger partial charge in [-0.2, -0.15) is 0 Å². The molecule has 0 aromatic carbocycles. The highest BCUT2D eigenvalue weighted by molar-refractivity contribution is 6.09. The second kappa shape index (κ2) is 4.24. The number of hydrogen-bond acceptors (Lipinski definition) is 4. The molecule has 0 spiro atoms. The Balaban J connectivity index is 3.56. The van der Waals surface area contributed by atoms with E-state index in [0.29, 0.717) is 0 Å². The van der Waals surface area contributed by atoms with Crippen LogP contribution in [0.3, 0.4) is 0 Å². The van der Waals surface area contributed by atoms with E-state index in [1.54, 1.807) is 0 Å². The van der Waals surface area contributed by atoms with E-state index in [-0.39, 0.29) is 11.3 Å². The Morgan fingerprint density at radius 3 is 2.35 bits per heavy atom. The van der Waals surface area contributed by atoms with Crippen LogP contribution in [0, 0.1) is 5.41 Å². The summed E-state index contributed by atoms with van der Waals surface area (Å²) in [5, 5.41) is 15.2. The van der Waals surface area contributed by atoms with E-state index in [1.165, 1.54) is 14.1 Å². The normalized spacial score (nSPS) is 10.2. The van der Waals surface area contributed by atoms with E-state index in [1.807, 2.05) is 0 Å². The Labute approximate surface area is 95.4 Å². The maximum Gasteiger partial charge on any atom is 0.356 e. The zero-order chi connectivity index (χ0) is 13.3. The monoisotopic (exact) mass is 241 g/mol. The second-order valence-corrected chi connectivity index (χ2v) is 3.55. The van der Waals surface area contributed by atoms with Crippen molar-refractivity contribution in [3.05, 3.63) is 26.4 Å². The third-order valence-corrected chi connectivity index (χ3v) is 2.32. The average molecular weight is 241 g/mol. The molecule has 0 saturated carbocycles. The number of aromatic nitrogens is 2. The van der Waals surface area contributed by atoms with E-state index in [9.17, 15) is 14.4 Å². The van der Waals surface area contributed by atoms with Crippen LogP contribution < -0.4 is 17.0 Å². The van der Waals surface area contributed by atoms with Crippen molar-refractivity contribution in [3.63, 3.8) is 0 Å². The summed E-state index contributed by atoms with van der Waals surface area (Å²) in [6, 6.07) is 0. The molecular formula is C9H13N4O4+. The Bertz CT molecular complexity index is 611. The molecule has 8 nitrogen and oxygen atoms in total. The quantitative estimate of drug-likeness (QED) is 0.457. The number of nitrogens with one attached hydrogen (secondary N) is 1. The van der Waals surface area contributed by atoms with Gasteiger partial charge < -0.3 is 16.2 Å². The first kappa shape index (κ1) is 12.7. The van der Waals surface area contributed by atoms with Gasteiger partial charge in [0.2, 0.25) is 5.91 Å². The van der Waals surface area contributed by atoms with Crippen molar-refractivity contribution in [2.75, 3.05) is 0 Å². The predicted octanol–water partition coefficient (Wildman–Crippen LogP) is -2.23. The van der Waals surface area contributed by atoms with Crippen LogP contribution >= 0.6 is 0 Å². The van der Waals surface area contributed by atoms with Crippen molar-refractivity contribution in [1.82, 2.24) is 9.13 Å². The predicted molar refractivity (Wildman–Crippen MR) is 60.6 cm³/mol. The van der Waals surface area contributed by atoms with E-state index in [0.717, 1.165) is 9.13 Å². The first-order chi connectivity index (χ1) is 7.77.